The Bertz CT molecular complexity index is 720. The second-order valence-corrected chi connectivity index (χ2v) is 3.82. The molecule has 5 heteroatoms. The van der Waals surface area contributed by atoms with Crippen molar-refractivity contribution >= 4 is 16.9 Å². The molecule has 0 saturated carbocycles. The van der Waals surface area contributed by atoms with Gasteiger partial charge in [0.05, 0.1) is 11.1 Å². The van der Waals surface area contributed by atoms with E-state index < -0.39 is 5.97 Å². The number of hydrogen-bond acceptors (Lipinski definition) is 3. The fourth-order valence-corrected chi connectivity index (χ4v) is 1.87. The summed E-state index contributed by atoms with van der Waals surface area (Å²) in [6.07, 6.45) is 4.93. The summed E-state index contributed by atoms with van der Waals surface area (Å²) in [5, 5.41) is 9.89. The number of aromatic nitrogens is 3. The number of pyridine rings is 1. The largest absolute Gasteiger partial charge is 0.478 e. The van der Waals surface area contributed by atoms with E-state index in [4.69, 9.17) is 0 Å². The average molecular weight is 239 g/mol. The summed E-state index contributed by atoms with van der Waals surface area (Å²) < 4.78 is 1.68. The molecule has 2 aromatic heterocycles. The van der Waals surface area contributed by atoms with Gasteiger partial charge in [0, 0.05) is 17.8 Å². The van der Waals surface area contributed by atoms with Gasteiger partial charge >= 0.3 is 5.97 Å². The highest BCUT2D eigenvalue weighted by Crippen LogP contribution is 2.20. The van der Waals surface area contributed by atoms with E-state index in [1.165, 1.54) is 0 Å². The first-order valence-corrected chi connectivity index (χ1v) is 5.37. The number of para-hydroxylation sites is 1. The summed E-state index contributed by atoms with van der Waals surface area (Å²) >= 11 is 0. The fourth-order valence-electron chi connectivity index (χ4n) is 1.87. The highest BCUT2D eigenvalue weighted by molar-refractivity contribution is 6.02. The third-order valence-electron chi connectivity index (χ3n) is 2.70. The van der Waals surface area contributed by atoms with E-state index in [0.717, 1.165) is 0 Å². The predicted octanol–water partition coefficient (Wildman–Crippen LogP) is 2.12. The average Bonchev–Trinajstić information content (AvgIpc) is 2.91. The summed E-state index contributed by atoms with van der Waals surface area (Å²) in [6.45, 7) is 0. The minimum atomic E-state index is -0.963. The first kappa shape index (κ1) is 10.5. The molecule has 0 amide bonds. The molecule has 0 unspecified atom stereocenters. The van der Waals surface area contributed by atoms with Gasteiger partial charge in [-0.15, -0.1) is 0 Å². The molecule has 0 aliphatic carbocycles. The Morgan fingerprint density at radius 2 is 2.11 bits per heavy atom. The van der Waals surface area contributed by atoms with Crippen molar-refractivity contribution in [1.29, 1.82) is 0 Å². The van der Waals surface area contributed by atoms with Crippen LogP contribution in [0.5, 0.6) is 0 Å². The molecule has 0 fully saturated rings. The van der Waals surface area contributed by atoms with Gasteiger partial charge in [0.1, 0.15) is 12.1 Å². The molecule has 5 nitrogen and oxygen atoms in total. The molecule has 3 aromatic rings. The molecule has 2 heterocycles. The molecule has 0 saturated heterocycles. The van der Waals surface area contributed by atoms with Gasteiger partial charge in [-0.1, -0.05) is 18.2 Å². The van der Waals surface area contributed by atoms with E-state index >= 15 is 0 Å². The molecule has 0 radical (unpaired) electrons. The molecule has 0 spiro atoms. The van der Waals surface area contributed by atoms with E-state index in [0.29, 0.717) is 16.7 Å². The van der Waals surface area contributed by atoms with E-state index in [2.05, 4.69) is 9.97 Å². The zero-order valence-electron chi connectivity index (χ0n) is 9.32. The second-order valence-electron chi connectivity index (χ2n) is 3.82. The Kier molecular flexibility index (Phi) is 2.30. The second kappa shape index (κ2) is 3.96. The zero-order valence-corrected chi connectivity index (χ0v) is 9.32. The number of rotatable bonds is 2. The molecular formula is C13H9N3O2. The van der Waals surface area contributed by atoms with Crippen molar-refractivity contribution in [2.45, 2.75) is 0 Å². The number of nitrogens with zero attached hydrogens (tertiary/aromatic N) is 3. The van der Waals surface area contributed by atoms with Crippen LogP contribution in [0.15, 0.2) is 49.1 Å². The molecule has 3 rings (SSSR count). The number of aromatic carboxylic acids is 1. The number of carboxylic acids is 1. The van der Waals surface area contributed by atoms with Crippen LogP contribution in [-0.4, -0.2) is 25.6 Å². The van der Waals surface area contributed by atoms with Gasteiger partial charge in [0.25, 0.3) is 0 Å². The molecule has 0 atom stereocenters. The Morgan fingerprint density at radius 3 is 2.83 bits per heavy atom. The summed E-state index contributed by atoms with van der Waals surface area (Å²) in [7, 11) is 0. The van der Waals surface area contributed by atoms with Crippen LogP contribution in [0, 0.1) is 0 Å². The minimum Gasteiger partial charge on any atom is -0.478 e. The van der Waals surface area contributed by atoms with Crippen LogP contribution in [-0.2, 0) is 0 Å². The molecule has 1 N–H and O–H groups in total. The molecule has 0 aliphatic rings. The number of benzene rings is 1. The Labute approximate surface area is 102 Å². The third-order valence-corrected chi connectivity index (χ3v) is 2.70. The summed E-state index contributed by atoms with van der Waals surface area (Å²) in [5.41, 5.74) is 0.894. The first-order valence-electron chi connectivity index (χ1n) is 5.37. The summed E-state index contributed by atoms with van der Waals surface area (Å²) in [6, 6.07) is 8.73. The van der Waals surface area contributed by atoms with Crippen molar-refractivity contribution in [3.8, 4) is 5.82 Å². The predicted molar refractivity (Wildman–Crippen MR) is 65.8 cm³/mol. The number of imidazole rings is 1. The van der Waals surface area contributed by atoms with Crippen LogP contribution in [0.25, 0.3) is 16.7 Å². The van der Waals surface area contributed by atoms with Gasteiger partial charge in [-0.25, -0.2) is 14.8 Å². The molecule has 88 valence electrons. The maximum Gasteiger partial charge on any atom is 0.336 e. The van der Waals surface area contributed by atoms with Crippen LogP contribution < -0.4 is 0 Å². The van der Waals surface area contributed by atoms with Crippen LogP contribution in [0.1, 0.15) is 10.4 Å². The van der Waals surface area contributed by atoms with Crippen molar-refractivity contribution in [3.63, 3.8) is 0 Å². The quantitative estimate of drug-likeness (QED) is 0.743. The van der Waals surface area contributed by atoms with Gasteiger partial charge in [0.2, 0.25) is 0 Å². The number of carbonyl (C=O) groups is 1. The Hall–Kier alpha value is -2.69. The number of hydrogen-bond donors (Lipinski definition) is 1. The lowest BCUT2D eigenvalue weighted by Crippen LogP contribution is -2.03. The van der Waals surface area contributed by atoms with Gasteiger partial charge in [-0.05, 0) is 12.1 Å². The van der Waals surface area contributed by atoms with E-state index in [9.17, 15) is 9.90 Å². The standard InChI is InChI=1S/C13H9N3O2/c17-13(18)10-7-12(16-6-5-14-8-16)15-11-4-2-1-3-9(10)11/h1-8H,(H,17,18). The topological polar surface area (TPSA) is 68.0 Å². The van der Waals surface area contributed by atoms with Crippen molar-refractivity contribution in [2.75, 3.05) is 0 Å². The lowest BCUT2D eigenvalue weighted by molar-refractivity contribution is 0.0699. The van der Waals surface area contributed by atoms with E-state index in [1.807, 2.05) is 6.07 Å². The molecule has 0 aliphatic heterocycles. The van der Waals surface area contributed by atoms with E-state index in [1.54, 1.807) is 47.6 Å². The minimum absolute atomic E-state index is 0.240. The van der Waals surface area contributed by atoms with Crippen molar-refractivity contribution in [1.82, 2.24) is 14.5 Å². The Morgan fingerprint density at radius 1 is 1.28 bits per heavy atom. The SMILES string of the molecule is O=C(O)c1cc(-n2ccnc2)nc2ccccc12. The highest BCUT2D eigenvalue weighted by atomic mass is 16.4. The van der Waals surface area contributed by atoms with Gasteiger partial charge < -0.3 is 5.11 Å². The lowest BCUT2D eigenvalue weighted by Gasteiger charge is -2.06. The summed E-state index contributed by atoms with van der Waals surface area (Å²) in [4.78, 5) is 19.6. The van der Waals surface area contributed by atoms with Crippen molar-refractivity contribution in [3.05, 3.63) is 54.6 Å². The van der Waals surface area contributed by atoms with Gasteiger partial charge in [-0.3, -0.25) is 4.57 Å². The molecule has 0 bridgehead atoms. The molecule has 18 heavy (non-hydrogen) atoms. The monoisotopic (exact) mass is 239 g/mol. The maximum atomic E-state index is 11.3. The lowest BCUT2D eigenvalue weighted by atomic mass is 10.1. The Balaban J connectivity index is 2.33. The van der Waals surface area contributed by atoms with Crippen LogP contribution >= 0.6 is 0 Å². The van der Waals surface area contributed by atoms with Crippen molar-refractivity contribution in [2.24, 2.45) is 0 Å². The fraction of sp³-hybridized carbons (Fsp3) is 0. The first-order chi connectivity index (χ1) is 8.75. The smallest absolute Gasteiger partial charge is 0.336 e. The molecule has 1 aromatic carbocycles. The van der Waals surface area contributed by atoms with Crippen LogP contribution in [0.3, 0.4) is 0 Å². The van der Waals surface area contributed by atoms with Crippen molar-refractivity contribution < 1.29 is 9.90 Å². The number of fused-ring (bicyclic) bond motifs is 1. The number of carboxylic acid groups (broad SMARTS) is 1. The third kappa shape index (κ3) is 1.62. The zero-order chi connectivity index (χ0) is 12.5. The van der Waals surface area contributed by atoms with E-state index in [-0.39, 0.29) is 5.56 Å². The molecular weight excluding hydrogens is 230 g/mol. The highest BCUT2D eigenvalue weighted by Gasteiger charge is 2.11. The summed E-state index contributed by atoms with van der Waals surface area (Å²) in [5.74, 6) is -0.418. The van der Waals surface area contributed by atoms with Gasteiger partial charge in [0.15, 0.2) is 0 Å². The van der Waals surface area contributed by atoms with Crippen LogP contribution in [0.4, 0.5) is 0 Å². The van der Waals surface area contributed by atoms with Crippen LogP contribution in [0.2, 0.25) is 0 Å². The maximum absolute atomic E-state index is 11.3. The van der Waals surface area contributed by atoms with Gasteiger partial charge in [-0.2, -0.15) is 0 Å². The normalized spacial score (nSPS) is 10.7.